The van der Waals surface area contributed by atoms with Crippen molar-refractivity contribution in [2.24, 2.45) is 0 Å². The van der Waals surface area contributed by atoms with Crippen LogP contribution in [-0.2, 0) is 9.47 Å². The van der Waals surface area contributed by atoms with Crippen molar-refractivity contribution >= 4 is 0 Å². The maximum atomic E-state index is 11.4. The minimum absolute atomic E-state index is 0.0629. The fourth-order valence-corrected chi connectivity index (χ4v) is 0.389. The highest BCUT2D eigenvalue weighted by Gasteiger charge is 2.26. The second kappa shape index (κ2) is 5.37. The molecule has 0 atom stereocenters. The van der Waals surface area contributed by atoms with E-state index in [2.05, 4.69) is 9.47 Å². The molecule has 68 valence electrons. The first-order valence-electron chi connectivity index (χ1n) is 3.28. The van der Waals surface area contributed by atoms with Crippen LogP contribution >= 0.6 is 0 Å². The molecule has 0 N–H and O–H groups in total. The van der Waals surface area contributed by atoms with Gasteiger partial charge in [-0.1, -0.05) is 0 Å². The third kappa shape index (κ3) is 9.71. The monoisotopic (exact) mass is 172 g/mol. The van der Waals surface area contributed by atoms with Crippen LogP contribution in [0.15, 0.2) is 0 Å². The maximum absolute atomic E-state index is 11.4. The predicted octanol–water partition coefficient (Wildman–Crippen LogP) is 1.95. The van der Waals surface area contributed by atoms with Gasteiger partial charge in [0, 0.05) is 6.61 Å². The summed E-state index contributed by atoms with van der Waals surface area (Å²) in [6, 6.07) is 0. The van der Waals surface area contributed by atoms with E-state index >= 15 is 0 Å². The van der Waals surface area contributed by atoms with E-state index in [0.29, 0.717) is 6.61 Å². The van der Waals surface area contributed by atoms with Gasteiger partial charge in [-0.25, -0.2) is 0 Å². The van der Waals surface area contributed by atoms with Gasteiger partial charge in [-0.05, 0) is 6.92 Å². The maximum Gasteiger partial charge on any atom is 0.391 e. The van der Waals surface area contributed by atoms with Gasteiger partial charge in [0.15, 0.2) is 0 Å². The molecule has 11 heavy (non-hydrogen) atoms. The first-order chi connectivity index (χ1) is 5.06. The Labute approximate surface area is 63.3 Å². The lowest BCUT2D eigenvalue weighted by molar-refractivity contribution is -0.154. The molecule has 2 nitrogen and oxygen atoms in total. The topological polar surface area (TPSA) is 18.5 Å². The molecular weight excluding hydrogens is 161 g/mol. The molecule has 0 rings (SSSR count). The zero-order chi connectivity index (χ0) is 8.74. The van der Waals surface area contributed by atoms with Crippen molar-refractivity contribution in [1.82, 2.24) is 0 Å². The minimum Gasteiger partial charge on any atom is -0.356 e. The summed E-state index contributed by atoms with van der Waals surface area (Å²) < 4.78 is 43.5. The second-order valence-corrected chi connectivity index (χ2v) is 1.88. The van der Waals surface area contributed by atoms with Crippen LogP contribution in [0.3, 0.4) is 0 Å². The largest absolute Gasteiger partial charge is 0.391 e. The summed E-state index contributed by atoms with van der Waals surface area (Å²) in [5.41, 5.74) is 0. The first kappa shape index (κ1) is 10.7. The fourth-order valence-electron chi connectivity index (χ4n) is 0.389. The van der Waals surface area contributed by atoms with E-state index in [0.717, 1.165) is 0 Å². The molecule has 0 amide bonds. The smallest absolute Gasteiger partial charge is 0.356 e. The van der Waals surface area contributed by atoms with Crippen LogP contribution in [0, 0.1) is 0 Å². The summed E-state index contributed by atoms with van der Waals surface area (Å²) in [5.74, 6) is 0. The molecule has 0 heterocycles. The fraction of sp³-hybridized carbons (Fsp3) is 1.00. The Kier molecular flexibility index (Phi) is 5.23. The molecule has 0 saturated heterocycles. The van der Waals surface area contributed by atoms with Crippen LogP contribution in [0.5, 0.6) is 0 Å². The summed E-state index contributed by atoms with van der Waals surface area (Å²) in [4.78, 5) is 0. The average Bonchev–Trinajstić information content (AvgIpc) is 1.85. The standard InChI is InChI=1S/C6H11F3O2/c1-2-10-5-11-4-3-6(7,8)9/h2-5H2,1H3. The van der Waals surface area contributed by atoms with Crippen molar-refractivity contribution in [3.63, 3.8) is 0 Å². The van der Waals surface area contributed by atoms with Gasteiger partial charge >= 0.3 is 6.18 Å². The Bertz CT molecular complexity index is 92.3. The van der Waals surface area contributed by atoms with Crippen molar-refractivity contribution < 1.29 is 22.6 Å². The second-order valence-electron chi connectivity index (χ2n) is 1.88. The van der Waals surface area contributed by atoms with Crippen LogP contribution in [0.1, 0.15) is 13.3 Å². The van der Waals surface area contributed by atoms with Crippen molar-refractivity contribution in [1.29, 1.82) is 0 Å². The third-order valence-corrected chi connectivity index (χ3v) is 0.901. The van der Waals surface area contributed by atoms with Crippen molar-refractivity contribution in [3.8, 4) is 0 Å². The molecule has 5 heteroatoms. The van der Waals surface area contributed by atoms with E-state index in [9.17, 15) is 13.2 Å². The first-order valence-corrected chi connectivity index (χ1v) is 3.28. The molecule has 0 aromatic rings. The molecular formula is C6H11F3O2. The zero-order valence-corrected chi connectivity index (χ0v) is 6.28. The summed E-state index contributed by atoms with van der Waals surface area (Å²) in [5, 5.41) is 0. The Hall–Kier alpha value is -0.290. The molecule has 0 aromatic heterocycles. The van der Waals surface area contributed by atoms with E-state index in [4.69, 9.17) is 0 Å². The van der Waals surface area contributed by atoms with Gasteiger partial charge in [0.2, 0.25) is 0 Å². The Balaban J connectivity index is 3.02. The highest BCUT2D eigenvalue weighted by Crippen LogP contribution is 2.18. The van der Waals surface area contributed by atoms with Gasteiger partial charge in [0.05, 0.1) is 13.0 Å². The van der Waals surface area contributed by atoms with Gasteiger partial charge in [-0.2, -0.15) is 13.2 Å². The summed E-state index contributed by atoms with van der Waals surface area (Å²) in [7, 11) is 0. The third-order valence-electron chi connectivity index (χ3n) is 0.901. The number of hydrogen-bond acceptors (Lipinski definition) is 2. The lowest BCUT2D eigenvalue weighted by Gasteiger charge is -2.06. The number of rotatable bonds is 5. The van der Waals surface area contributed by atoms with Crippen LogP contribution < -0.4 is 0 Å². The number of ether oxygens (including phenoxy) is 2. The van der Waals surface area contributed by atoms with E-state index < -0.39 is 12.6 Å². The quantitative estimate of drug-likeness (QED) is 0.466. The van der Waals surface area contributed by atoms with Crippen LogP contribution in [-0.4, -0.2) is 26.2 Å². The molecule has 0 radical (unpaired) electrons. The number of hydrogen-bond donors (Lipinski definition) is 0. The average molecular weight is 172 g/mol. The SMILES string of the molecule is CCOCOCCC(F)(F)F. The van der Waals surface area contributed by atoms with Gasteiger partial charge < -0.3 is 9.47 Å². The zero-order valence-electron chi connectivity index (χ0n) is 6.28. The molecule has 0 saturated carbocycles. The van der Waals surface area contributed by atoms with Gasteiger partial charge in [0.1, 0.15) is 6.79 Å². The normalized spacial score (nSPS) is 12.0. The summed E-state index contributed by atoms with van der Waals surface area (Å²) in [6.45, 7) is 1.80. The summed E-state index contributed by atoms with van der Waals surface area (Å²) in [6.07, 6.45) is -5.05. The Morgan fingerprint density at radius 1 is 1.18 bits per heavy atom. The van der Waals surface area contributed by atoms with E-state index in [1.54, 1.807) is 6.92 Å². The molecule has 0 aromatic carbocycles. The lowest BCUT2D eigenvalue weighted by atomic mass is 10.4. The number of halogens is 3. The Morgan fingerprint density at radius 3 is 2.27 bits per heavy atom. The highest BCUT2D eigenvalue weighted by molar-refractivity contribution is 4.46. The molecule has 0 aliphatic heterocycles. The molecule has 0 aliphatic rings. The van der Waals surface area contributed by atoms with Crippen molar-refractivity contribution in [2.75, 3.05) is 20.0 Å². The van der Waals surface area contributed by atoms with Gasteiger partial charge in [-0.3, -0.25) is 0 Å². The van der Waals surface area contributed by atoms with E-state index in [1.807, 2.05) is 0 Å². The molecule has 0 spiro atoms. The van der Waals surface area contributed by atoms with Crippen molar-refractivity contribution in [2.45, 2.75) is 19.5 Å². The van der Waals surface area contributed by atoms with Crippen LogP contribution in [0.2, 0.25) is 0 Å². The lowest BCUT2D eigenvalue weighted by Crippen LogP contribution is -2.12. The Morgan fingerprint density at radius 2 is 1.82 bits per heavy atom. The molecule has 0 aliphatic carbocycles. The number of alkyl halides is 3. The van der Waals surface area contributed by atoms with Gasteiger partial charge in [-0.15, -0.1) is 0 Å². The van der Waals surface area contributed by atoms with Gasteiger partial charge in [0.25, 0.3) is 0 Å². The minimum atomic E-state index is -4.13. The van der Waals surface area contributed by atoms with E-state index in [1.165, 1.54) is 0 Å². The molecule has 0 bridgehead atoms. The van der Waals surface area contributed by atoms with Crippen molar-refractivity contribution in [3.05, 3.63) is 0 Å². The van der Waals surface area contributed by atoms with Crippen LogP contribution in [0.25, 0.3) is 0 Å². The summed E-state index contributed by atoms with van der Waals surface area (Å²) >= 11 is 0. The predicted molar refractivity (Wildman–Crippen MR) is 33.1 cm³/mol. The van der Waals surface area contributed by atoms with Crippen LogP contribution in [0.4, 0.5) is 13.2 Å². The highest BCUT2D eigenvalue weighted by atomic mass is 19.4. The molecule has 0 unspecified atom stereocenters. The molecule has 0 fully saturated rings. The van der Waals surface area contributed by atoms with E-state index in [-0.39, 0.29) is 13.4 Å².